The predicted octanol–water partition coefficient (Wildman–Crippen LogP) is 3.00. The van der Waals surface area contributed by atoms with Gasteiger partial charge in [0, 0.05) is 18.2 Å². The summed E-state index contributed by atoms with van der Waals surface area (Å²) < 4.78 is 0. The number of hydrogen-bond acceptors (Lipinski definition) is 3. The van der Waals surface area contributed by atoms with E-state index >= 15 is 0 Å². The fourth-order valence-electron chi connectivity index (χ4n) is 2.02. The van der Waals surface area contributed by atoms with E-state index < -0.39 is 0 Å². The van der Waals surface area contributed by atoms with Crippen LogP contribution in [-0.2, 0) is 6.54 Å². The molecule has 0 saturated carbocycles. The quantitative estimate of drug-likeness (QED) is 0.837. The third kappa shape index (κ3) is 3.41. The monoisotopic (exact) mass is 258 g/mol. The summed E-state index contributed by atoms with van der Waals surface area (Å²) in [5.41, 5.74) is 3.01. The van der Waals surface area contributed by atoms with E-state index in [1.807, 2.05) is 18.2 Å². The topological polar surface area (TPSA) is 53.6 Å². The molecule has 2 atom stereocenters. The standard InChI is InChI=1S/C15H22N4/c1-4-11(2)12(3)16-10-14-15(18-19-17-14)13-8-6-5-7-9-13/h5-9,11-12,16H,4,10H2,1-3H3,(H,17,18,19). The molecule has 1 aromatic heterocycles. The second-order valence-electron chi connectivity index (χ2n) is 5.04. The van der Waals surface area contributed by atoms with Gasteiger partial charge < -0.3 is 5.32 Å². The molecule has 0 spiro atoms. The maximum Gasteiger partial charge on any atom is 0.117 e. The first-order chi connectivity index (χ1) is 9.22. The molecule has 2 N–H and O–H groups in total. The van der Waals surface area contributed by atoms with Gasteiger partial charge in [-0.05, 0) is 12.8 Å². The molecule has 0 bridgehead atoms. The zero-order valence-corrected chi connectivity index (χ0v) is 11.9. The van der Waals surface area contributed by atoms with Crippen molar-refractivity contribution in [3.63, 3.8) is 0 Å². The summed E-state index contributed by atoms with van der Waals surface area (Å²) in [6.45, 7) is 7.44. The Kier molecular flexibility index (Phi) is 4.68. The molecule has 0 aliphatic rings. The molecule has 4 heteroatoms. The highest BCUT2D eigenvalue weighted by atomic mass is 15.3. The Hall–Kier alpha value is -1.68. The molecule has 0 radical (unpaired) electrons. The van der Waals surface area contributed by atoms with E-state index in [1.54, 1.807) is 0 Å². The van der Waals surface area contributed by atoms with Gasteiger partial charge in [-0.25, -0.2) is 0 Å². The van der Waals surface area contributed by atoms with Crippen molar-refractivity contribution in [1.82, 2.24) is 20.7 Å². The molecule has 2 aromatic rings. The Morgan fingerprint density at radius 3 is 2.58 bits per heavy atom. The fourth-order valence-corrected chi connectivity index (χ4v) is 2.02. The van der Waals surface area contributed by atoms with Crippen LogP contribution in [0.1, 0.15) is 32.9 Å². The molecule has 0 aliphatic carbocycles. The van der Waals surface area contributed by atoms with E-state index in [9.17, 15) is 0 Å². The van der Waals surface area contributed by atoms with Gasteiger partial charge in [-0.1, -0.05) is 50.6 Å². The van der Waals surface area contributed by atoms with E-state index in [4.69, 9.17) is 0 Å². The third-order valence-corrected chi connectivity index (χ3v) is 3.76. The normalized spacial score (nSPS) is 14.3. The molecule has 1 heterocycles. The minimum atomic E-state index is 0.477. The van der Waals surface area contributed by atoms with Crippen molar-refractivity contribution < 1.29 is 0 Å². The SMILES string of the molecule is CCC(C)C(C)NCc1n[nH]nc1-c1ccccc1. The second-order valence-corrected chi connectivity index (χ2v) is 5.04. The van der Waals surface area contributed by atoms with Gasteiger partial charge in [0.05, 0.1) is 0 Å². The molecule has 0 aliphatic heterocycles. The van der Waals surface area contributed by atoms with E-state index in [0.29, 0.717) is 12.0 Å². The van der Waals surface area contributed by atoms with Crippen molar-refractivity contribution in [1.29, 1.82) is 0 Å². The smallest absolute Gasteiger partial charge is 0.117 e. The van der Waals surface area contributed by atoms with Gasteiger partial charge in [0.2, 0.25) is 0 Å². The summed E-state index contributed by atoms with van der Waals surface area (Å²) in [5.74, 6) is 0.659. The van der Waals surface area contributed by atoms with Crippen molar-refractivity contribution >= 4 is 0 Å². The van der Waals surface area contributed by atoms with Gasteiger partial charge >= 0.3 is 0 Å². The van der Waals surface area contributed by atoms with Crippen molar-refractivity contribution in [3.05, 3.63) is 36.0 Å². The Bertz CT molecular complexity index is 492. The molecule has 2 rings (SSSR count). The highest BCUT2D eigenvalue weighted by Crippen LogP contribution is 2.19. The molecule has 2 unspecified atom stereocenters. The lowest BCUT2D eigenvalue weighted by atomic mass is 10.0. The Balaban J connectivity index is 2.05. The number of benzene rings is 1. The molecule has 102 valence electrons. The largest absolute Gasteiger partial charge is 0.308 e. The van der Waals surface area contributed by atoms with E-state index in [0.717, 1.165) is 23.5 Å². The molecular weight excluding hydrogens is 236 g/mol. The van der Waals surface area contributed by atoms with Crippen LogP contribution in [0.2, 0.25) is 0 Å². The lowest BCUT2D eigenvalue weighted by molar-refractivity contribution is 0.388. The average molecular weight is 258 g/mol. The summed E-state index contributed by atoms with van der Waals surface area (Å²) >= 11 is 0. The lowest BCUT2D eigenvalue weighted by Crippen LogP contribution is -2.31. The maximum atomic E-state index is 4.25. The van der Waals surface area contributed by atoms with Crippen molar-refractivity contribution in [3.8, 4) is 11.3 Å². The zero-order valence-electron chi connectivity index (χ0n) is 11.9. The van der Waals surface area contributed by atoms with Gasteiger partial charge in [0.25, 0.3) is 0 Å². The van der Waals surface area contributed by atoms with Crippen LogP contribution >= 0.6 is 0 Å². The number of nitrogens with zero attached hydrogens (tertiary/aromatic N) is 2. The van der Waals surface area contributed by atoms with Gasteiger partial charge in [-0.2, -0.15) is 15.4 Å². The summed E-state index contributed by atoms with van der Waals surface area (Å²) in [7, 11) is 0. The summed E-state index contributed by atoms with van der Waals surface area (Å²) in [6.07, 6.45) is 1.18. The van der Waals surface area contributed by atoms with Gasteiger partial charge in [0.15, 0.2) is 0 Å². The minimum absolute atomic E-state index is 0.477. The molecule has 4 nitrogen and oxygen atoms in total. The van der Waals surface area contributed by atoms with Crippen molar-refractivity contribution in [2.24, 2.45) is 5.92 Å². The van der Waals surface area contributed by atoms with Crippen LogP contribution in [0, 0.1) is 5.92 Å². The summed E-state index contributed by atoms with van der Waals surface area (Å²) in [4.78, 5) is 0. The molecule has 1 aromatic carbocycles. The van der Waals surface area contributed by atoms with Gasteiger partial charge in [-0.3, -0.25) is 0 Å². The Labute approximate surface area is 114 Å². The number of nitrogens with one attached hydrogen (secondary N) is 2. The molecule has 0 amide bonds. The first-order valence-electron chi connectivity index (χ1n) is 6.90. The first-order valence-corrected chi connectivity index (χ1v) is 6.90. The third-order valence-electron chi connectivity index (χ3n) is 3.76. The maximum absolute atomic E-state index is 4.25. The first kappa shape index (κ1) is 13.7. The highest BCUT2D eigenvalue weighted by molar-refractivity contribution is 5.60. The number of H-pyrrole nitrogens is 1. The number of hydrogen-bond donors (Lipinski definition) is 2. The van der Waals surface area contributed by atoms with E-state index in [1.165, 1.54) is 6.42 Å². The molecule has 0 fully saturated rings. The van der Waals surface area contributed by atoms with Crippen LogP contribution in [-0.4, -0.2) is 21.5 Å². The van der Waals surface area contributed by atoms with Crippen LogP contribution in [0.5, 0.6) is 0 Å². The van der Waals surface area contributed by atoms with Gasteiger partial charge in [0.1, 0.15) is 11.4 Å². The van der Waals surface area contributed by atoms with Crippen LogP contribution in [0.3, 0.4) is 0 Å². The van der Waals surface area contributed by atoms with E-state index in [-0.39, 0.29) is 0 Å². The Morgan fingerprint density at radius 2 is 1.89 bits per heavy atom. The Morgan fingerprint density at radius 1 is 1.16 bits per heavy atom. The number of rotatable bonds is 6. The predicted molar refractivity (Wildman–Crippen MR) is 77.6 cm³/mol. The number of aromatic nitrogens is 3. The van der Waals surface area contributed by atoms with Crippen molar-refractivity contribution in [2.45, 2.75) is 39.8 Å². The van der Waals surface area contributed by atoms with Crippen LogP contribution < -0.4 is 5.32 Å². The number of aromatic amines is 1. The second kappa shape index (κ2) is 6.48. The summed E-state index contributed by atoms with van der Waals surface area (Å²) in [6, 6.07) is 10.6. The van der Waals surface area contributed by atoms with Crippen molar-refractivity contribution in [2.75, 3.05) is 0 Å². The van der Waals surface area contributed by atoms with Crippen LogP contribution in [0.15, 0.2) is 30.3 Å². The molecular formula is C15H22N4. The van der Waals surface area contributed by atoms with Crippen LogP contribution in [0.4, 0.5) is 0 Å². The van der Waals surface area contributed by atoms with E-state index in [2.05, 4.69) is 53.6 Å². The lowest BCUT2D eigenvalue weighted by Gasteiger charge is -2.19. The average Bonchev–Trinajstić information content (AvgIpc) is 2.93. The summed E-state index contributed by atoms with van der Waals surface area (Å²) in [5, 5.41) is 14.8. The molecule has 19 heavy (non-hydrogen) atoms. The highest BCUT2D eigenvalue weighted by Gasteiger charge is 2.13. The fraction of sp³-hybridized carbons (Fsp3) is 0.467. The van der Waals surface area contributed by atoms with Crippen LogP contribution in [0.25, 0.3) is 11.3 Å². The minimum Gasteiger partial charge on any atom is -0.308 e. The van der Waals surface area contributed by atoms with Gasteiger partial charge in [-0.15, -0.1) is 0 Å². The molecule has 0 saturated heterocycles. The zero-order chi connectivity index (χ0) is 13.7.